The number of aromatic amines is 1. The van der Waals surface area contributed by atoms with Crippen molar-refractivity contribution in [1.29, 1.82) is 0 Å². The van der Waals surface area contributed by atoms with Crippen LogP contribution in [0.15, 0.2) is 36.4 Å². The van der Waals surface area contributed by atoms with Crippen molar-refractivity contribution in [2.24, 2.45) is 0 Å². The summed E-state index contributed by atoms with van der Waals surface area (Å²) in [7, 11) is 0. The van der Waals surface area contributed by atoms with Crippen molar-refractivity contribution in [2.45, 2.75) is 19.8 Å². The molecule has 4 aromatic rings. The number of nitrogens with one attached hydrogen (secondary N) is 1. The number of nitrogens with zero attached hydrogens (tertiary/aromatic N) is 3. The fourth-order valence-electron chi connectivity index (χ4n) is 2.82. The van der Waals surface area contributed by atoms with Crippen molar-refractivity contribution in [3.8, 4) is 17.0 Å². The summed E-state index contributed by atoms with van der Waals surface area (Å²) < 4.78 is 0. The molecule has 2 aromatic heterocycles. The van der Waals surface area contributed by atoms with Gasteiger partial charge in [-0.25, -0.2) is 9.97 Å². The van der Waals surface area contributed by atoms with Crippen LogP contribution in [-0.2, 0) is 0 Å². The molecule has 0 atom stereocenters. The molecule has 0 saturated carbocycles. The van der Waals surface area contributed by atoms with E-state index in [1.54, 1.807) is 12.1 Å². The van der Waals surface area contributed by atoms with E-state index in [0.29, 0.717) is 17.3 Å². The zero-order chi connectivity index (χ0) is 16.8. The molecule has 6 heteroatoms. The number of benzene rings is 2. The lowest BCUT2D eigenvalue weighted by molar-refractivity contribution is 0.476. The number of hydrogen-bond donors (Lipinski definition) is 3. The van der Waals surface area contributed by atoms with Gasteiger partial charge in [0, 0.05) is 11.5 Å². The number of aromatic hydroxyl groups is 1. The maximum Gasteiger partial charge on any atom is 0.187 e. The molecule has 2 heterocycles. The molecule has 0 unspecified atom stereocenters. The Balaban J connectivity index is 1.92. The minimum atomic E-state index is 0.185. The number of rotatable bonds is 2. The first-order chi connectivity index (χ1) is 11.5. The second-order valence-corrected chi connectivity index (χ2v) is 6.17. The van der Waals surface area contributed by atoms with E-state index in [2.05, 4.69) is 20.2 Å². The Labute approximate surface area is 138 Å². The van der Waals surface area contributed by atoms with Crippen molar-refractivity contribution in [3.63, 3.8) is 0 Å². The van der Waals surface area contributed by atoms with E-state index in [1.807, 2.05) is 38.1 Å². The molecule has 0 amide bonds. The number of nitrogen functional groups attached to an aromatic ring is 1. The minimum absolute atomic E-state index is 0.185. The lowest BCUT2D eigenvalue weighted by Gasteiger charge is -2.06. The van der Waals surface area contributed by atoms with Crippen LogP contribution in [0.3, 0.4) is 0 Å². The molecule has 0 aliphatic rings. The van der Waals surface area contributed by atoms with Crippen LogP contribution < -0.4 is 5.73 Å². The Kier molecular flexibility index (Phi) is 3.13. The van der Waals surface area contributed by atoms with Gasteiger partial charge in [-0.3, -0.25) is 5.10 Å². The fraction of sp³-hybridized carbons (Fsp3) is 0.167. The summed E-state index contributed by atoms with van der Waals surface area (Å²) in [5, 5.41) is 19.6. The number of phenolic OH excluding ortho intramolecular Hbond substituents is 1. The largest absolute Gasteiger partial charge is 0.508 e. The predicted molar refractivity (Wildman–Crippen MR) is 94.8 cm³/mol. The molecule has 0 fully saturated rings. The smallest absolute Gasteiger partial charge is 0.187 e. The van der Waals surface area contributed by atoms with Gasteiger partial charge < -0.3 is 10.8 Å². The number of fused-ring (bicyclic) bond motifs is 2. The van der Waals surface area contributed by atoms with Crippen LogP contribution in [0.2, 0.25) is 0 Å². The van der Waals surface area contributed by atoms with Crippen molar-refractivity contribution < 1.29 is 5.11 Å². The lowest BCUT2D eigenvalue weighted by atomic mass is 10.0. The van der Waals surface area contributed by atoms with Crippen LogP contribution in [0.1, 0.15) is 25.6 Å². The van der Waals surface area contributed by atoms with Crippen LogP contribution >= 0.6 is 0 Å². The molecule has 0 spiro atoms. The Hall–Kier alpha value is -3.15. The number of aromatic nitrogens is 4. The van der Waals surface area contributed by atoms with Gasteiger partial charge in [-0.1, -0.05) is 32.0 Å². The topological polar surface area (TPSA) is 101 Å². The van der Waals surface area contributed by atoms with Crippen molar-refractivity contribution in [2.75, 3.05) is 5.73 Å². The van der Waals surface area contributed by atoms with Crippen LogP contribution in [-0.4, -0.2) is 25.3 Å². The third-order valence-corrected chi connectivity index (χ3v) is 4.09. The van der Waals surface area contributed by atoms with Gasteiger partial charge in [0.05, 0.1) is 11.1 Å². The third-order valence-electron chi connectivity index (χ3n) is 4.09. The summed E-state index contributed by atoms with van der Waals surface area (Å²) in [6, 6.07) is 11.2. The summed E-state index contributed by atoms with van der Waals surface area (Å²) in [5.74, 6) is 1.55. The summed E-state index contributed by atoms with van der Waals surface area (Å²) in [4.78, 5) is 8.90. The zero-order valence-electron chi connectivity index (χ0n) is 13.4. The Morgan fingerprint density at radius 2 is 1.79 bits per heavy atom. The first-order valence-corrected chi connectivity index (χ1v) is 7.77. The van der Waals surface area contributed by atoms with E-state index < -0.39 is 0 Å². The van der Waals surface area contributed by atoms with Crippen molar-refractivity contribution in [1.82, 2.24) is 20.2 Å². The number of H-pyrrole nitrogens is 1. The SMILES string of the molecule is CC(C)c1nc(N)c2c(-c3ccc4cc(O)ccc4c3)[nH]nc2n1. The maximum absolute atomic E-state index is 9.58. The molecule has 24 heavy (non-hydrogen) atoms. The highest BCUT2D eigenvalue weighted by Crippen LogP contribution is 2.32. The second kappa shape index (κ2) is 5.19. The number of phenols is 1. The molecule has 0 bridgehead atoms. The van der Waals surface area contributed by atoms with Crippen LogP contribution in [0.5, 0.6) is 5.75 Å². The zero-order valence-corrected chi connectivity index (χ0v) is 13.4. The molecule has 0 aliphatic heterocycles. The van der Waals surface area contributed by atoms with Crippen LogP contribution in [0.25, 0.3) is 33.1 Å². The molecule has 0 saturated heterocycles. The van der Waals surface area contributed by atoms with Gasteiger partial charge in [0.1, 0.15) is 17.4 Å². The van der Waals surface area contributed by atoms with Gasteiger partial charge in [0.15, 0.2) is 5.65 Å². The van der Waals surface area contributed by atoms with E-state index in [-0.39, 0.29) is 11.7 Å². The van der Waals surface area contributed by atoms with Gasteiger partial charge in [-0.05, 0) is 29.0 Å². The summed E-state index contributed by atoms with van der Waals surface area (Å²) in [6.07, 6.45) is 0. The molecule has 4 rings (SSSR count). The van der Waals surface area contributed by atoms with E-state index in [0.717, 1.165) is 27.4 Å². The number of hydrogen-bond acceptors (Lipinski definition) is 5. The Morgan fingerprint density at radius 3 is 2.58 bits per heavy atom. The van der Waals surface area contributed by atoms with Gasteiger partial charge in [0.25, 0.3) is 0 Å². The first-order valence-electron chi connectivity index (χ1n) is 7.77. The van der Waals surface area contributed by atoms with Gasteiger partial charge in [-0.15, -0.1) is 0 Å². The first kappa shape index (κ1) is 14.4. The van der Waals surface area contributed by atoms with Crippen molar-refractivity contribution >= 4 is 27.6 Å². The lowest BCUT2D eigenvalue weighted by Crippen LogP contribution is -2.02. The van der Waals surface area contributed by atoms with E-state index in [1.165, 1.54) is 0 Å². The summed E-state index contributed by atoms with van der Waals surface area (Å²) >= 11 is 0. The number of anilines is 1. The van der Waals surface area contributed by atoms with Gasteiger partial charge in [0.2, 0.25) is 0 Å². The molecule has 6 nitrogen and oxygen atoms in total. The van der Waals surface area contributed by atoms with Crippen LogP contribution in [0.4, 0.5) is 5.82 Å². The highest BCUT2D eigenvalue weighted by molar-refractivity contribution is 6.00. The average Bonchev–Trinajstić information content (AvgIpc) is 2.99. The summed E-state index contributed by atoms with van der Waals surface area (Å²) in [5.41, 5.74) is 8.49. The van der Waals surface area contributed by atoms with Gasteiger partial charge in [-0.2, -0.15) is 5.10 Å². The molecule has 120 valence electrons. The fourth-order valence-corrected chi connectivity index (χ4v) is 2.82. The quantitative estimate of drug-likeness (QED) is 0.524. The van der Waals surface area contributed by atoms with Crippen molar-refractivity contribution in [3.05, 3.63) is 42.2 Å². The Morgan fingerprint density at radius 1 is 1.04 bits per heavy atom. The standard InChI is InChI=1S/C18H17N5O/c1-9(2)17-20-16(19)14-15(22-23-18(14)21-17)12-4-3-11-8-13(24)6-5-10(11)7-12/h3-9,24H,1-2H3,(H3,19,20,21,22,23). The van der Waals surface area contributed by atoms with Gasteiger partial charge >= 0.3 is 0 Å². The number of nitrogens with two attached hydrogens (primary N) is 1. The normalized spacial score (nSPS) is 11.6. The monoisotopic (exact) mass is 319 g/mol. The average molecular weight is 319 g/mol. The Bertz CT molecular complexity index is 1070. The molecule has 2 aromatic carbocycles. The summed E-state index contributed by atoms with van der Waals surface area (Å²) in [6.45, 7) is 4.04. The predicted octanol–water partition coefficient (Wildman–Crippen LogP) is 3.58. The molecular weight excluding hydrogens is 302 g/mol. The minimum Gasteiger partial charge on any atom is -0.508 e. The van der Waals surface area contributed by atoms with Crippen LogP contribution in [0, 0.1) is 0 Å². The molecule has 4 N–H and O–H groups in total. The second-order valence-electron chi connectivity index (χ2n) is 6.17. The third kappa shape index (κ3) is 2.23. The maximum atomic E-state index is 9.58. The van der Waals surface area contributed by atoms with E-state index >= 15 is 0 Å². The molecule has 0 radical (unpaired) electrons. The highest BCUT2D eigenvalue weighted by atomic mass is 16.3. The van der Waals surface area contributed by atoms with E-state index in [9.17, 15) is 5.11 Å². The molecular formula is C18H17N5O. The molecule has 0 aliphatic carbocycles. The highest BCUT2D eigenvalue weighted by Gasteiger charge is 2.16. The van der Waals surface area contributed by atoms with E-state index in [4.69, 9.17) is 5.73 Å².